The van der Waals surface area contributed by atoms with E-state index in [1.54, 1.807) is 14.2 Å². The van der Waals surface area contributed by atoms with Gasteiger partial charge in [-0.15, -0.1) is 0 Å². The number of pyridine rings is 2. The lowest BCUT2D eigenvalue weighted by Gasteiger charge is -2.37. The van der Waals surface area contributed by atoms with Crippen molar-refractivity contribution in [1.82, 2.24) is 25.5 Å². The zero-order valence-corrected chi connectivity index (χ0v) is 20.4. The number of ether oxygens (including phenoxy) is 1. The smallest absolute Gasteiger partial charge is 0.248 e. The van der Waals surface area contributed by atoms with E-state index in [1.165, 1.54) is 17.5 Å². The summed E-state index contributed by atoms with van der Waals surface area (Å²) in [5.41, 5.74) is 8.92. The van der Waals surface area contributed by atoms with Crippen molar-refractivity contribution in [1.29, 1.82) is 0 Å². The third kappa shape index (κ3) is 3.73. The van der Waals surface area contributed by atoms with Gasteiger partial charge in [0, 0.05) is 42.0 Å². The van der Waals surface area contributed by atoms with Crippen LogP contribution in [0.3, 0.4) is 0 Å². The highest BCUT2D eigenvalue weighted by Gasteiger charge is 2.38. The standard InChI is InChI=1S/C28H29N5O3/c1-29-28(35)27(34)18-11-17(12-18)21-10-9-16(14-30-21)24-26-22(32-33-24)13-23(36-2)25(31-26)20-8-4-6-15-5-3-7-19(15)20/h4,6,8-10,13-14,17-18,27,34H,3,5,7,11-12H2,1-2H3,(H,29,35)(H,32,33). The molecule has 8 heteroatoms. The number of aliphatic hydroxyl groups excluding tert-OH is 1. The highest BCUT2D eigenvalue weighted by Crippen LogP contribution is 2.43. The van der Waals surface area contributed by atoms with Gasteiger partial charge in [-0.2, -0.15) is 5.10 Å². The van der Waals surface area contributed by atoms with Crippen molar-refractivity contribution in [3.63, 3.8) is 0 Å². The zero-order valence-electron chi connectivity index (χ0n) is 20.4. The number of aromatic nitrogens is 4. The molecule has 1 aromatic carbocycles. The number of hydrogen-bond acceptors (Lipinski definition) is 6. The van der Waals surface area contributed by atoms with E-state index >= 15 is 0 Å². The molecule has 8 nitrogen and oxygen atoms in total. The van der Waals surface area contributed by atoms with Crippen LogP contribution in [0.15, 0.2) is 42.6 Å². The lowest BCUT2D eigenvalue weighted by molar-refractivity contribution is -0.133. The maximum Gasteiger partial charge on any atom is 0.248 e. The highest BCUT2D eigenvalue weighted by molar-refractivity contribution is 5.93. The van der Waals surface area contributed by atoms with E-state index < -0.39 is 6.10 Å². The maximum absolute atomic E-state index is 11.7. The van der Waals surface area contributed by atoms with Crippen molar-refractivity contribution in [2.75, 3.05) is 14.2 Å². The number of aromatic amines is 1. The Balaban J connectivity index is 1.30. The second-order valence-corrected chi connectivity index (χ2v) is 9.76. The fourth-order valence-corrected chi connectivity index (χ4v) is 5.63. The van der Waals surface area contributed by atoms with Crippen molar-refractivity contribution in [3.05, 3.63) is 59.4 Å². The average molecular weight is 484 g/mol. The van der Waals surface area contributed by atoms with Crippen LogP contribution in [-0.4, -0.2) is 51.4 Å². The molecule has 3 aromatic heterocycles. The molecule has 1 atom stereocenters. The minimum Gasteiger partial charge on any atom is -0.494 e. The van der Waals surface area contributed by atoms with Gasteiger partial charge < -0.3 is 15.2 Å². The summed E-state index contributed by atoms with van der Waals surface area (Å²) in [5, 5.41) is 20.3. The van der Waals surface area contributed by atoms with Gasteiger partial charge in [0.1, 0.15) is 28.8 Å². The first-order valence-corrected chi connectivity index (χ1v) is 12.5. The molecule has 0 bridgehead atoms. The number of nitrogens with zero attached hydrogens (tertiary/aromatic N) is 3. The van der Waals surface area contributed by atoms with Crippen LogP contribution in [0.5, 0.6) is 5.75 Å². The molecule has 1 amide bonds. The van der Waals surface area contributed by atoms with Crippen LogP contribution in [0.25, 0.3) is 33.5 Å². The first-order valence-electron chi connectivity index (χ1n) is 12.5. The number of hydrogen-bond donors (Lipinski definition) is 3. The molecule has 0 saturated heterocycles. The molecule has 2 aliphatic rings. The number of carbonyl (C=O) groups is 1. The Morgan fingerprint density at radius 1 is 1.19 bits per heavy atom. The number of aryl methyl sites for hydroxylation is 1. The Bertz CT molecular complexity index is 1440. The Kier molecular flexibility index (Phi) is 5.68. The fraction of sp³-hybridized carbons (Fsp3) is 0.357. The van der Waals surface area contributed by atoms with Crippen LogP contribution in [-0.2, 0) is 17.6 Å². The minimum absolute atomic E-state index is 0.0243. The first kappa shape index (κ1) is 22.7. The second kappa shape index (κ2) is 9.02. The molecule has 184 valence electrons. The van der Waals surface area contributed by atoms with Gasteiger partial charge in [-0.3, -0.25) is 14.9 Å². The molecule has 0 spiro atoms. The number of H-pyrrole nitrogens is 1. The summed E-state index contributed by atoms with van der Waals surface area (Å²) in [5.74, 6) is 0.623. The van der Waals surface area contributed by atoms with Crippen molar-refractivity contribution >= 4 is 16.9 Å². The fourth-order valence-electron chi connectivity index (χ4n) is 5.63. The summed E-state index contributed by atoms with van der Waals surface area (Å²) in [4.78, 5) is 21.4. The maximum atomic E-state index is 11.7. The second-order valence-electron chi connectivity index (χ2n) is 9.76. The van der Waals surface area contributed by atoms with E-state index in [0.29, 0.717) is 0 Å². The monoisotopic (exact) mass is 483 g/mol. The van der Waals surface area contributed by atoms with E-state index in [-0.39, 0.29) is 17.7 Å². The molecule has 6 rings (SSSR count). The van der Waals surface area contributed by atoms with Gasteiger partial charge in [0.2, 0.25) is 5.91 Å². The lowest BCUT2D eigenvalue weighted by Crippen LogP contribution is -2.42. The van der Waals surface area contributed by atoms with E-state index in [4.69, 9.17) is 14.7 Å². The Morgan fingerprint density at radius 2 is 2.06 bits per heavy atom. The van der Waals surface area contributed by atoms with Crippen molar-refractivity contribution in [3.8, 4) is 28.3 Å². The van der Waals surface area contributed by atoms with Gasteiger partial charge in [0.15, 0.2) is 0 Å². The van der Waals surface area contributed by atoms with Gasteiger partial charge >= 0.3 is 0 Å². The van der Waals surface area contributed by atoms with Crippen LogP contribution in [0.1, 0.15) is 42.0 Å². The number of fused-ring (bicyclic) bond motifs is 2. The molecular weight excluding hydrogens is 454 g/mol. The first-order chi connectivity index (χ1) is 17.6. The largest absolute Gasteiger partial charge is 0.494 e. The quantitative estimate of drug-likeness (QED) is 0.385. The third-order valence-electron chi connectivity index (χ3n) is 7.74. The molecule has 0 radical (unpaired) electrons. The number of nitrogens with one attached hydrogen (secondary N) is 2. The lowest BCUT2D eigenvalue weighted by atomic mass is 9.70. The van der Waals surface area contributed by atoms with E-state index in [1.807, 2.05) is 24.4 Å². The molecule has 0 aliphatic heterocycles. The molecule has 3 N–H and O–H groups in total. The van der Waals surface area contributed by atoms with Crippen LogP contribution in [0.2, 0.25) is 0 Å². The normalized spacial score (nSPS) is 19.5. The van der Waals surface area contributed by atoms with E-state index in [9.17, 15) is 9.90 Å². The SMILES string of the molecule is CNC(=O)C(O)C1CC(c2ccc(-c3n[nH]c4cc(OC)c(-c5cccc6c5CCC6)nc34)cn2)C1. The van der Waals surface area contributed by atoms with Gasteiger partial charge in [-0.1, -0.05) is 18.2 Å². The summed E-state index contributed by atoms with van der Waals surface area (Å²) in [6.07, 6.45) is 5.70. The highest BCUT2D eigenvalue weighted by atomic mass is 16.5. The number of carbonyl (C=O) groups excluding carboxylic acids is 1. The van der Waals surface area contributed by atoms with Crippen molar-refractivity contribution in [2.24, 2.45) is 5.92 Å². The van der Waals surface area contributed by atoms with Crippen LogP contribution in [0.4, 0.5) is 0 Å². The summed E-state index contributed by atoms with van der Waals surface area (Å²) < 4.78 is 5.73. The van der Waals surface area contributed by atoms with Gasteiger partial charge in [-0.25, -0.2) is 4.98 Å². The Labute approximate surface area is 209 Å². The van der Waals surface area contributed by atoms with Crippen LogP contribution in [0, 0.1) is 5.92 Å². The number of rotatable bonds is 6. The summed E-state index contributed by atoms with van der Waals surface area (Å²) in [7, 11) is 3.22. The Hall–Kier alpha value is -3.78. The molecule has 1 fully saturated rings. The molecule has 4 aromatic rings. The summed E-state index contributed by atoms with van der Waals surface area (Å²) >= 11 is 0. The predicted molar refractivity (Wildman–Crippen MR) is 137 cm³/mol. The predicted octanol–water partition coefficient (Wildman–Crippen LogP) is 3.78. The molecule has 36 heavy (non-hydrogen) atoms. The number of amides is 1. The summed E-state index contributed by atoms with van der Waals surface area (Å²) in [6, 6.07) is 12.4. The van der Waals surface area contributed by atoms with Gasteiger partial charge in [0.05, 0.1) is 12.6 Å². The number of benzene rings is 1. The molecule has 3 heterocycles. The molecule has 1 unspecified atom stereocenters. The van der Waals surface area contributed by atoms with E-state index in [0.717, 1.165) is 70.7 Å². The topological polar surface area (TPSA) is 113 Å². The van der Waals surface area contributed by atoms with Crippen LogP contribution >= 0.6 is 0 Å². The Morgan fingerprint density at radius 3 is 2.81 bits per heavy atom. The van der Waals surface area contributed by atoms with Gasteiger partial charge in [-0.05, 0) is 61.3 Å². The molecule has 1 saturated carbocycles. The van der Waals surface area contributed by atoms with Crippen molar-refractivity contribution in [2.45, 2.75) is 44.1 Å². The summed E-state index contributed by atoms with van der Waals surface area (Å²) in [6.45, 7) is 0. The number of aliphatic hydroxyl groups is 1. The van der Waals surface area contributed by atoms with Crippen LogP contribution < -0.4 is 10.1 Å². The molecule has 2 aliphatic carbocycles. The molecular formula is C28H29N5O3. The zero-order chi connectivity index (χ0) is 24.8. The number of methoxy groups -OCH3 is 1. The average Bonchev–Trinajstić information content (AvgIpc) is 3.53. The van der Waals surface area contributed by atoms with E-state index in [2.05, 4.69) is 33.7 Å². The number of likely N-dealkylation sites (N-methyl/N-ethyl adjacent to an activating group) is 1. The van der Waals surface area contributed by atoms with Gasteiger partial charge in [0.25, 0.3) is 0 Å². The third-order valence-corrected chi connectivity index (χ3v) is 7.74. The minimum atomic E-state index is -0.955. The van der Waals surface area contributed by atoms with Crippen molar-refractivity contribution < 1.29 is 14.6 Å².